The Balaban J connectivity index is 1.47. The van der Waals surface area contributed by atoms with E-state index in [4.69, 9.17) is 14.2 Å². The summed E-state index contributed by atoms with van der Waals surface area (Å²) in [5.74, 6) is 0.744. The van der Waals surface area contributed by atoms with E-state index < -0.39 is 5.97 Å². The van der Waals surface area contributed by atoms with Gasteiger partial charge in [-0.05, 0) is 57.2 Å². The fourth-order valence-electron chi connectivity index (χ4n) is 2.68. The number of aromatic nitrogens is 2. The van der Waals surface area contributed by atoms with Gasteiger partial charge in [-0.25, -0.2) is 4.98 Å². The number of H-pyrrole nitrogens is 1. The SMILES string of the molecule is CCOc1ccc2nc(SCC(=O)OCC(=O)c3ccc(OC(C)C)cc3)[nH]c2c1. The number of benzene rings is 2. The summed E-state index contributed by atoms with van der Waals surface area (Å²) < 4.78 is 16.1. The minimum atomic E-state index is -0.483. The predicted molar refractivity (Wildman–Crippen MR) is 115 cm³/mol. The molecule has 0 bridgehead atoms. The lowest BCUT2D eigenvalue weighted by molar-refractivity contribution is -0.139. The van der Waals surface area contributed by atoms with Crippen molar-refractivity contribution in [2.45, 2.75) is 32.0 Å². The fourth-order valence-corrected chi connectivity index (χ4v) is 3.36. The topological polar surface area (TPSA) is 90.5 Å². The number of ether oxygens (including phenoxy) is 3. The number of nitrogens with one attached hydrogen (secondary N) is 1. The molecule has 3 aromatic rings. The molecule has 1 aromatic heterocycles. The van der Waals surface area contributed by atoms with E-state index in [1.165, 1.54) is 11.8 Å². The van der Waals surface area contributed by atoms with Gasteiger partial charge in [-0.2, -0.15) is 0 Å². The lowest BCUT2D eigenvalue weighted by Gasteiger charge is -2.10. The van der Waals surface area contributed by atoms with Crippen LogP contribution in [-0.4, -0.2) is 46.8 Å². The molecule has 0 aliphatic carbocycles. The van der Waals surface area contributed by atoms with Crippen molar-refractivity contribution < 1.29 is 23.8 Å². The molecule has 0 amide bonds. The van der Waals surface area contributed by atoms with Gasteiger partial charge in [0.05, 0.1) is 29.5 Å². The van der Waals surface area contributed by atoms with Gasteiger partial charge in [-0.3, -0.25) is 9.59 Å². The normalized spacial score (nSPS) is 10.9. The smallest absolute Gasteiger partial charge is 0.316 e. The number of rotatable bonds is 10. The molecular formula is C22H24N2O5S. The molecule has 1 heterocycles. The van der Waals surface area contributed by atoms with Crippen LogP contribution in [0.1, 0.15) is 31.1 Å². The van der Waals surface area contributed by atoms with Gasteiger partial charge in [0.1, 0.15) is 11.5 Å². The van der Waals surface area contributed by atoms with E-state index in [-0.39, 0.29) is 24.2 Å². The average Bonchev–Trinajstić information content (AvgIpc) is 3.13. The van der Waals surface area contributed by atoms with E-state index in [2.05, 4.69) is 9.97 Å². The molecule has 0 spiro atoms. The van der Waals surface area contributed by atoms with Crippen molar-refractivity contribution in [1.82, 2.24) is 9.97 Å². The van der Waals surface area contributed by atoms with E-state index in [1.54, 1.807) is 24.3 Å². The van der Waals surface area contributed by atoms with Crippen LogP contribution in [0.4, 0.5) is 0 Å². The van der Waals surface area contributed by atoms with Crippen LogP contribution in [0.25, 0.3) is 11.0 Å². The summed E-state index contributed by atoms with van der Waals surface area (Å²) in [5.41, 5.74) is 2.08. The largest absolute Gasteiger partial charge is 0.494 e. The summed E-state index contributed by atoms with van der Waals surface area (Å²) in [4.78, 5) is 31.8. The Hall–Kier alpha value is -3.00. The van der Waals surface area contributed by atoms with Crippen LogP contribution in [0.15, 0.2) is 47.6 Å². The van der Waals surface area contributed by atoms with Crippen LogP contribution in [0.2, 0.25) is 0 Å². The van der Waals surface area contributed by atoms with E-state index >= 15 is 0 Å². The molecule has 30 heavy (non-hydrogen) atoms. The van der Waals surface area contributed by atoms with Gasteiger partial charge in [0.2, 0.25) is 0 Å². The van der Waals surface area contributed by atoms with Crippen molar-refractivity contribution in [1.29, 1.82) is 0 Å². The summed E-state index contributed by atoms with van der Waals surface area (Å²) in [6.07, 6.45) is 0.0588. The van der Waals surface area contributed by atoms with Crippen LogP contribution in [0.3, 0.4) is 0 Å². The molecule has 3 rings (SSSR count). The fraction of sp³-hybridized carbons (Fsp3) is 0.318. The van der Waals surface area contributed by atoms with Crippen LogP contribution >= 0.6 is 11.8 Å². The third kappa shape index (κ3) is 6.00. The zero-order valence-electron chi connectivity index (χ0n) is 17.1. The Morgan fingerprint density at radius 2 is 1.83 bits per heavy atom. The third-order valence-electron chi connectivity index (χ3n) is 3.98. The zero-order valence-corrected chi connectivity index (χ0v) is 18.0. The Morgan fingerprint density at radius 1 is 1.10 bits per heavy atom. The van der Waals surface area contributed by atoms with Gasteiger partial charge in [-0.1, -0.05) is 11.8 Å². The molecule has 0 aliphatic heterocycles. The molecule has 0 fully saturated rings. The second-order valence-electron chi connectivity index (χ2n) is 6.72. The standard InChI is InChI=1S/C22H24N2O5S/c1-4-27-17-9-10-18-19(11-17)24-22(23-18)30-13-21(26)28-12-20(25)15-5-7-16(8-6-15)29-14(2)3/h5-11,14H,4,12-13H2,1-3H3,(H,23,24). The molecule has 0 unspecified atom stereocenters. The number of carbonyl (C=O) groups is 2. The van der Waals surface area contributed by atoms with Crippen LogP contribution in [0.5, 0.6) is 11.5 Å². The highest BCUT2D eigenvalue weighted by molar-refractivity contribution is 7.99. The number of hydrogen-bond donors (Lipinski definition) is 1. The number of carbonyl (C=O) groups excluding carboxylic acids is 2. The first-order valence-corrected chi connectivity index (χ1v) is 10.6. The monoisotopic (exact) mass is 428 g/mol. The van der Waals surface area contributed by atoms with Crippen molar-refractivity contribution in [3.8, 4) is 11.5 Å². The first-order chi connectivity index (χ1) is 14.4. The molecule has 0 saturated carbocycles. The molecule has 0 atom stereocenters. The highest BCUT2D eigenvalue weighted by Gasteiger charge is 2.12. The van der Waals surface area contributed by atoms with E-state index in [0.29, 0.717) is 23.1 Å². The molecule has 2 aromatic carbocycles. The van der Waals surface area contributed by atoms with Crippen molar-refractivity contribution in [2.75, 3.05) is 19.0 Å². The maximum Gasteiger partial charge on any atom is 0.316 e. The Kier molecular flexibility index (Phi) is 7.35. The van der Waals surface area contributed by atoms with E-state index in [9.17, 15) is 9.59 Å². The van der Waals surface area contributed by atoms with E-state index in [1.807, 2.05) is 39.0 Å². The van der Waals surface area contributed by atoms with Crippen molar-refractivity contribution >= 4 is 34.5 Å². The third-order valence-corrected chi connectivity index (χ3v) is 4.83. The van der Waals surface area contributed by atoms with E-state index in [0.717, 1.165) is 16.8 Å². The molecule has 1 N–H and O–H groups in total. The molecule has 0 aliphatic rings. The second kappa shape index (κ2) is 10.2. The molecule has 8 heteroatoms. The molecule has 0 saturated heterocycles. The number of ketones is 1. The quantitative estimate of drug-likeness (QED) is 0.293. The van der Waals surface area contributed by atoms with Crippen molar-refractivity contribution in [3.63, 3.8) is 0 Å². The van der Waals surface area contributed by atoms with Gasteiger partial charge in [0, 0.05) is 11.6 Å². The summed E-state index contributed by atoms with van der Waals surface area (Å²) >= 11 is 1.22. The van der Waals surface area contributed by atoms with Crippen LogP contribution in [0, 0.1) is 0 Å². The number of hydrogen-bond acceptors (Lipinski definition) is 7. The first-order valence-electron chi connectivity index (χ1n) is 9.65. The molecular weight excluding hydrogens is 404 g/mol. The molecule has 0 radical (unpaired) electrons. The zero-order chi connectivity index (χ0) is 21.5. The lowest BCUT2D eigenvalue weighted by atomic mass is 10.1. The van der Waals surface area contributed by atoms with Crippen LogP contribution in [-0.2, 0) is 9.53 Å². The minimum Gasteiger partial charge on any atom is -0.494 e. The summed E-state index contributed by atoms with van der Waals surface area (Å²) in [7, 11) is 0. The Morgan fingerprint density at radius 3 is 2.53 bits per heavy atom. The number of fused-ring (bicyclic) bond motifs is 1. The number of imidazole rings is 1. The van der Waals surface area contributed by atoms with Crippen molar-refractivity contribution in [3.05, 3.63) is 48.0 Å². The lowest BCUT2D eigenvalue weighted by Crippen LogP contribution is -2.15. The second-order valence-corrected chi connectivity index (χ2v) is 7.68. The average molecular weight is 429 g/mol. The van der Waals surface area contributed by atoms with Gasteiger partial charge in [0.25, 0.3) is 0 Å². The number of aromatic amines is 1. The maximum atomic E-state index is 12.2. The molecule has 7 nitrogen and oxygen atoms in total. The number of thioether (sulfide) groups is 1. The van der Waals surface area contributed by atoms with Crippen LogP contribution < -0.4 is 9.47 Å². The summed E-state index contributed by atoms with van der Waals surface area (Å²) in [6, 6.07) is 12.3. The minimum absolute atomic E-state index is 0.0482. The van der Waals surface area contributed by atoms with Crippen molar-refractivity contribution in [2.24, 2.45) is 0 Å². The summed E-state index contributed by atoms with van der Waals surface area (Å²) in [5, 5.41) is 0.600. The number of Topliss-reactive ketones (excluding diaryl/α,β-unsaturated/α-hetero) is 1. The summed E-state index contributed by atoms with van der Waals surface area (Å²) in [6.45, 7) is 6.06. The predicted octanol–water partition coefficient (Wildman–Crippen LogP) is 4.27. The first kappa shape index (κ1) is 21.7. The highest BCUT2D eigenvalue weighted by Crippen LogP contribution is 2.23. The number of esters is 1. The van der Waals surface area contributed by atoms with Gasteiger partial charge < -0.3 is 19.2 Å². The highest BCUT2D eigenvalue weighted by atomic mass is 32.2. The van der Waals surface area contributed by atoms with Gasteiger partial charge >= 0.3 is 5.97 Å². The molecule has 158 valence electrons. The Bertz CT molecular complexity index is 1010. The van der Waals surface area contributed by atoms with Gasteiger partial charge in [-0.15, -0.1) is 0 Å². The number of nitrogens with zero attached hydrogens (tertiary/aromatic N) is 1. The van der Waals surface area contributed by atoms with Gasteiger partial charge in [0.15, 0.2) is 17.5 Å². The maximum absolute atomic E-state index is 12.2. The Labute approximate surface area is 179 Å².